The van der Waals surface area contributed by atoms with Crippen LogP contribution in [0.3, 0.4) is 0 Å². The highest BCUT2D eigenvalue weighted by Gasteiger charge is 2.18. The van der Waals surface area contributed by atoms with Crippen molar-refractivity contribution in [2.75, 3.05) is 5.32 Å². The number of rotatable bonds is 3. The van der Waals surface area contributed by atoms with Crippen LogP contribution in [0.25, 0.3) is 0 Å². The molecule has 2 aromatic rings. The lowest BCUT2D eigenvalue weighted by atomic mass is 10.2. The smallest absolute Gasteiger partial charge is 0.297 e. The summed E-state index contributed by atoms with van der Waals surface area (Å²) in [7, 11) is 0. The number of anilines is 1. The zero-order valence-corrected chi connectivity index (χ0v) is 11.1. The second-order valence-corrected chi connectivity index (χ2v) is 5.42. The molecule has 0 radical (unpaired) electrons. The molecule has 1 heterocycles. The molecular formula is C13H10ClNO2S. The minimum absolute atomic E-state index is 0.339. The Labute approximate surface area is 113 Å². The van der Waals surface area contributed by atoms with E-state index in [-0.39, 0.29) is 0 Å². The highest BCUT2D eigenvalue weighted by molar-refractivity contribution is 7.18. The molecule has 0 aliphatic heterocycles. The van der Waals surface area contributed by atoms with Crippen LogP contribution in [-0.4, -0.2) is 11.7 Å². The number of benzene rings is 1. The fourth-order valence-corrected chi connectivity index (χ4v) is 2.42. The maximum Gasteiger partial charge on any atom is 0.297 e. The van der Waals surface area contributed by atoms with Crippen molar-refractivity contribution < 1.29 is 9.59 Å². The Bertz CT molecular complexity index is 607. The highest BCUT2D eigenvalue weighted by atomic mass is 35.5. The second kappa shape index (κ2) is 5.33. The lowest BCUT2D eigenvalue weighted by Crippen LogP contribution is -2.22. The maximum absolute atomic E-state index is 11.8. The molecule has 0 atom stereocenters. The van der Waals surface area contributed by atoms with Crippen molar-refractivity contribution in [2.24, 2.45) is 0 Å². The average Bonchev–Trinajstić information content (AvgIpc) is 2.78. The molecule has 0 bridgehead atoms. The predicted molar refractivity (Wildman–Crippen MR) is 73.5 cm³/mol. The first-order valence-electron chi connectivity index (χ1n) is 5.24. The van der Waals surface area contributed by atoms with Gasteiger partial charge in [-0.15, -0.1) is 11.3 Å². The van der Waals surface area contributed by atoms with E-state index in [4.69, 9.17) is 11.6 Å². The Morgan fingerprint density at radius 3 is 2.50 bits per heavy atom. The summed E-state index contributed by atoms with van der Waals surface area (Å²) < 4.78 is 0.488. The van der Waals surface area contributed by atoms with E-state index in [1.807, 2.05) is 19.1 Å². The van der Waals surface area contributed by atoms with E-state index in [0.29, 0.717) is 14.9 Å². The average molecular weight is 280 g/mol. The van der Waals surface area contributed by atoms with Crippen molar-refractivity contribution in [1.29, 1.82) is 0 Å². The van der Waals surface area contributed by atoms with Crippen LogP contribution in [0.1, 0.15) is 15.2 Å². The van der Waals surface area contributed by atoms with Gasteiger partial charge in [0.25, 0.3) is 11.7 Å². The molecule has 0 unspecified atom stereocenters. The van der Waals surface area contributed by atoms with Crippen LogP contribution in [0.5, 0.6) is 0 Å². The van der Waals surface area contributed by atoms with Gasteiger partial charge < -0.3 is 5.32 Å². The molecular weight excluding hydrogens is 270 g/mol. The van der Waals surface area contributed by atoms with Crippen LogP contribution in [0, 0.1) is 6.92 Å². The molecule has 1 amide bonds. The first kappa shape index (κ1) is 12.8. The third-order valence-electron chi connectivity index (χ3n) is 2.40. The van der Waals surface area contributed by atoms with Gasteiger partial charge in [-0.25, -0.2) is 0 Å². The number of aryl methyl sites for hydroxylation is 1. The zero-order valence-electron chi connectivity index (χ0n) is 9.57. The topological polar surface area (TPSA) is 46.2 Å². The van der Waals surface area contributed by atoms with Crippen LogP contribution in [0.2, 0.25) is 4.34 Å². The number of para-hydroxylation sites is 1. The highest BCUT2D eigenvalue weighted by Crippen LogP contribution is 2.22. The normalized spacial score (nSPS) is 10.1. The Morgan fingerprint density at radius 1 is 1.17 bits per heavy atom. The number of hydrogen-bond donors (Lipinski definition) is 1. The molecule has 0 aliphatic rings. The second-order valence-electron chi connectivity index (χ2n) is 3.70. The number of carbonyl (C=O) groups is 2. The first-order chi connectivity index (χ1) is 8.58. The van der Waals surface area contributed by atoms with Gasteiger partial charge in [0.15, 0.2) is 0 Å². The SMILES string of the molecule is Cc1ccccc1NC(=O)C(=O)c1ccc(Cl)s1. The fraction of sp³-hybridized carbons (Fsp3) is 0.0769. The quantitative estimate of drug-likeness (QED) is 0.690. The Balaban J connectivity index is 2.14. The van der Waals surface area contributed by atoms with Crippen molar-refractivity contribution in [3.8, 4) is 0 Å². The molecule has 1 aromatic carbocycles. The summed E-state index contributed by atoms with van der Waals surface area (Å²) in [5.74, 6) is -1.22. The zero-order chi connectivity index (χ0) is 13.1. The van der Waals surface area contributed by atoms with Gasteiger partial charge >= 0.3 is 0 Å². The van der Waals surface area contributed by atoms with Gasteiger partial charge in [0.2, 0.25) is 0 Å². The number of hydrogen-bond acceptors (Lipinski definition) is 3. The van der Waals surface area contributed by atoms with Crippen LogP contribution < -0.4 is 5.32 Å². The third-order valence-corrected chi connectivity index (χ3v) is 3.63. The summed E-state index contributed by atoms with van der Waals surface area (Å²) in [4.78, 5) is 23.9. The number of ketones is 1. The van der Waals surface area contributed by atoms with Crippen molar-refractivity contribution in [2.45, 2.75) is 6.92 Å². The van der Waals surface area contributed by atoms with Gasteiger partial charge in [0, 0.05) is 5.69 Å². The largest absolute Gasteiger partial charge is 0.319 e. The van der Waals surface area contributed by atoms with Gasteiger partial charge in [-0.3, -0.25) is 9.59 Å². The molecule has 0 saturated heterocycles. The van der Waals surface area contributed by atoms with Gasteiger partial charge in [-0.05, 0) is 30.7 Å². The number of amides is 1. The van der Waals surface area contributed by atoms with Crippen LogP contribution in [0.4, 0.5) is 5.69 Å². The molecule has 0 aliphatic carbocycles. The van der Waals surface area contributed by atoms with Crippen molar-refractivity contribution in [3.63, 3.8) is 0 Å². The molecule has 0 fully saturated rings. The molecule has 1 N–H and O–H groups in total. The molecule has 0 saturated carbocycles. The minimum Gasteiger partial charge on any atom is -0.319 e. The Kier molecular flexibility index (Phi) is 3.79. The molecule has 3 nitrogen and oxygen atoms in total. The van der Waals surface area contributed by atoms with Gasteiger partial charge in [-0.2, -0.15) is 0 Å². The molecule has 2 rings (SSSR count). The fourth-order valence-electron chi connectivity index (χ4n) is 1.44. The van der Waals surface area contributed by atoms with E-state index in [1.165, 1.54) is 0 Å². The standard InChI is InChI=1S/C13H10ClNO2S/c1-8-4-2-3-5-9(8)15-13(17)12(16)10-6-7-11(14)18-10/h2-7H,1H3,(H,15,17). The molecule has 5 heteroatoms. The number of thiophene rings is 1. The lowest BCUT2D eigenvalue weighted by molar-refractivity contribution is -0.112. The van der Waals surface area contributed by atoms with Crippen molar-refractivity contribution in [3.05, 3.63) is 51.2 Å². The minimum atomic E-state index is -0.650. The summed E-state index contributed by atoms with van der Waals surface area (Å²) in [6.07, 6.45) is 0. The number of halogens is 1. The van der Waals surface area contributed by atoms with Crippen LogP contribution >= 0.6 is 22.9 Å². The summed E-state index contributed by atoms with van der Waals surface area (Å²) in [6, 6.07) is 10.4. The molecule has 92 valence electrons. The van der Waals surface area contributed by atoms with Crippen molar-refractivity contribution in [1.82, 2.24) is 0 Å². The third kappa shape index (κ3) is 2.78. The maximum atomic E-state index is 11.8. The lowest BCUT2D eigenvalue weighted by Gasteiger charge is -2.06. The summed E-state index contributed by atoms with van der Waals surface area (Å²) in [6.45, 7) is 1.86. The van der Waals surface area contributed by atoms with Gasteiger partial charge in [0.1, 0.15) is 0 Å². The summed E-state index contributed by atoms with van der Waals surface area (Å²) in [5.41, 5.74) is 1.54. The molecule has 18 heavy (non-hydrogen) atoms. The van der Waals surface area contributed by atoms with E-state index in [1.54, 1.807) is 24.3 Å². The summed E-state index contributed by atoms with van der Waals surface area (Å²) in [5, 5.41) is 2.59. The number of carbonyl (C=O) groups excluding carboxylic acids is 2. The van der Waals surface area contributed by atoms with Crippen LogP contribution in [0.15, 0.2) is 36.4 Å². The number of nitrogens with one attached hydrogen (secondary N) is 1. The van der Waals surface area contributed by atoms with E-state index >= 15 is 0 Å². The van der Waals surface area contributed by atoms with Gasteiger partial charge in [0.05, 0.1) is 9.21 Å². The van der Waals surface area contributed by atoms with Gasteiger partial charge in [-0.1, -0.05) is 29.8 Å². The Hall–Kier alpha value is -1.65. The summed E-state index contributed by atoms with van der Waals surface area (Å²) >= 11 is 6.82. The van der Waals surface area contributed by atoms with E-state index in [2.05, 4.69) is 5.32 Å². The Morgan fingerprint density at radius 2 is 1.89 bits per heavy atom. The molecule has 0 spiro atoms. The van der Waals surface area contributed by atoms with E-state index < -0.39 is 11.7 Å². The predicted octanol–water partition coefficient (Wildman–Crippen LogP) is 3.53. The monoisotopic (exact) mass is 279 g/mol. The molecule has 1 aromatic heterocycles. The van der Waals surface area contributed by atoms with Crippen molar-refractivity contribution >= 4 is 40.3 Å². The van der Waals surface area contributed by atoms with Crippen LogP contribution in [-0.2, 0) is 4.79 Å². The van der Waals surface area contributed by atoms with E-state index in [0.717, 1.165) is 16.9 Å². The first-order valence-corrected chi connectivity index (χ1v) is 6.44. The van der Waals surface area contributed by atoms with E-state index in [9.17, 15) is 9.59 Å². The number of Topliss-reactive ketones (excluding diaryl/α,β-unsaturated/α-hetero) is 1.